The van der Waals surface area contributed by atoms with Crippen LogP contribution in [0.1, 0.15) is 31.9 Å². The van der Waals surface area contributed by atoms with Crippen LogP contribution in [0, 0.1) is 5.92 Å². The molecule has 0 saturated carbocycles. The highest BCUT2D eigenvalue weighted by Crippen LogP contribution is 2.21. The maximum Gasteiger partial charge on any atom is 0.171 e. The molecule has 0 radical (unpaired) electrons. The Morgan fingerprint density at radius 1 is 1.05 bits per heavy atom. The van der Waals surface area contributed by atoms with Gasteiger partial charge in [-0.3, -0.25) is 0 Å². The summed E-state index contributed by atoms with van der Waals surface area (Å²) < 4.78 is 0. The molecule has 0 aliphatic heterocycles. The maximum absolute atomic E-state index is 5.89. The number of hydrogen-bond acceptors (Lipinski definition) is 1. The molecule has 2 aromatic rings. The van der Waals surface area contributed by atoms with Crippen LogP contribution in [0.5, 0.6) is 0 Å². The van der Waals surface area contributed by atoms with E-state index in [0.29, 0.717) is 16.1 Å². The number of benzene rings is 2. The molecule has 0 bridgehead atoms. The van der Waals surface area contributed by atoms with Gasteiger partial charge in [-0.05, 0) is 54.4 Å². The van der Waals surface area contributed by atoms with Gasteiger partial charge < -0.3 is 10.6 Å². The van der Waals surface area contributed by atoms with Gasteiger partial charge in [0.15, 0.2) is 5.11 Å². The largest absolute Gasteiger partial charge is 0.356 e. The summed E-state index contributed by atoms with van der Waals surface area (Å²) in [7, 11) is 0. The SMILES string of the molecule is CC(C)C[C@@H](NC(=S)Nc1ccc(Cl)cc1)c1ccccc1. The van der Waals surface area contributed by atoms with E-state index in [-0.39, 0.29) is 6.04 Å². The molecule has 1 atom stereocenters. The molecule has 0 heterocycles. The number of rotatable bonds is 5. The van der Waals surface area contributed by atoms with Crippen molar-refractivity contribution in [3.05, 3.63) is 65.2 Å². The highest BCUT2D eigenvalue weighted by Gasteiger charge is 2.14. The summed E-state index contributed by atoms with van der Waals surface area (Å²) in [6.07, 6.45) is 1.02. The lowest BCUT2D eigenvalue weighted by atomic mass is 9.97. The molecule has 2 nitrogen and oxygen atoms in total. The van der Waals surface area contributed by atoms with Crippen molar-refractivity contribution < 1.29 is 0 Å². The summed E-state index contributed by atoms with van der Waals surface area (Å²) >= 11 is 11.3. The Morgan fingerprint density at radius 2 is 1.68 bits per heavy atom. The lowest BCUT2D eigenvalue weighted by molar-refractivity contribution is 0.481. The van der Waals surface area contributed by atoms with Gasteiger partial charge in [0, 0.05) is 10.7 Å². The van der Waals surface area contributed by atoms with Crippen LogP contribution in [0.3, 0.4) is 0 Å². The second kappa shape index (κ2) is 8.16. The predicted octanol–water partition coefficient (Wildman–Crippen LogP) is 5.41. The van der Waals surface area contributed by atoms with Crippen LogP contribution in [-0.2, 0) is 0 Å². The second-order valence-corrected chi connectivity index (χ2v) is 6.54. The summed E-state index contributed by atoms with van der Waals surface area (Å²) in [5.41, 5.74) is 2.18. The van der Waals surface area contributed by atoms with Gasteiger partial charge in [0.05, 0.1) is 6.04 Å². The van der Waals surface area contributed by atoms with E-state index < -0.39 is 0 Å². The average Bonchev–Trinajstić information content (AvgIpc) is 2.49. The van der Waals surface area contributed by atoms with Crippen molar-refractivity contribution in [1.29, 1.82) is 0 Å². The molecule has 116 valence electrons. The molecule has 4 heteroatoms. The molecular formula is C18H21ClN2S. The van der Waals surface area contributed by atoms with E-state index in [0.717, 1.165) is 12.1 Å². The molecular weight excluding hydrogens is 312 g/mol. The first-order valence-electron chi connectivity index (χ1n) is 7.42. The third-order valence-corrected chi connectivity index (χ3v) is 3.79. The summed E-state index contributed by atoms with van der Waals surface area (Å²) in [4.78, 5) is 0. The van der Waals surface area contributed by atoms with Crippen LogP contribution in [0.2, 0.25) is 5.02 Å². The minimum Gasteiger partial charge on any atom is -0.356 e. The first-order valence-corrected chi connectivity index (χ1v) is 8.21. The Morgan fingerprint density at radius 3 is 2.27 bits per heavy atom. The lowest BCUT2D eigenvalue weighted by Crippen LogP contribution is -2.33. The monoisotopic (exact) mass is 332 g/mol. The zero-order chi connectivity index (χ0) is 15.9. The van der Waals surface area contributed by atoms with Crippen LogP contribution in [-0.4, -0.2) is 5.11 Å². The smallest absolute Gasteiger partial charge is 0.171 e. The minimum absolute atomic E-state index is 0.202. The van der Waals surface area contributed by atoms with Gasteiger partial charge in [-0.1, -0.05) is 55.8 Å². The van der Waals surface area contributed by atoms with Crippen LogP contribution in [0.15, 0.2) is 54.6 Å². The van der Waals surface area contributed by atoms with E-state index >= 15 is 0 Å². The molecule has 0 saturated heterocycles. The molecule has 0 fully saturated rings. The van der Waals surface area contributed by atoms with Crippen molar-refractivity contribution >= 4 is 34.6 Å². The highest BCUT2D eigenvalue weighted by molar-refractivity contribution is 7.80. The summed E-state index contributed by atoms with van der Waals surface area (Å²) in [6.45, 7) is 4.43. The number of halogens is 1. The summed E-state index contributed by atoms with van der Waals surface area (Å²) in [5, 5.41) is 7.96. The Bertz CT molecular complexity index is 596. The van der Waals surface area contributed by atoms with Gasteiger partial charge in [0.2, 0.25) is 0 Å². The molecule has 0 aliphatic rings. The Balaban J connectivity index is 2.03. The van der Waals surface area contributed by atoms with Gasteiger partial charge >= 0.3 is 0 Å². The van der Waals surface area contributed by atoms with Crippen molar-refractivity contribution in [3.8, 4) is 0 Å². The van der Waals surface area contributed by atoms with Crippen molar-refractivity contribution in [2.45, 2.75) is 26.3 Å². The molecule has 2 rings (SSSR count). The molecule has 2 N–H and O–H groups in total. The number of anilines is 1. The fraction of sp³-hybridized carbons (Fsp3) is 0.278. The number of nitrogens with one attached hydrogen (secondary N) is 2. The first kappa shape index (κ1) is 16.8. The Kier molecular flexibility index (Phi) is 6.22. The zero-order valence-electron chi connectivity index (χ0n) is 12.8. The van der Waals surface area contributed by atoms with E-state index in [1.807, 2.05) is 30.3 Å². The van der Waals surface area contributed by atoms with Crippen molar-refractivity contribution in [1.82, 2.24) is 5.32 Å². The van der Waals surface area contributed by atoms with E-state index in [4.69, 9.17) is 23.8 Å². The fourth-order valence-electron chi connectivity index (χ4n) is 2.29. The van der Waals surface area contributed by atoms with E-state index in [2.05, 4.69) is 48.7 Å². The van der Waals surface area contributed by atoms with Gasteiger partial charge in [0.25, 0.3) is 0 Å². The normalized spacial score (nSPS) is 12.0. The zero-order valence-corrected chi connectivity index (χ0v) is 14.4. The Labute approximate surface area is 142 Å². The molecule has 0 spiro atoms. The highest BCUT2D eigenvalue weighted by atomic mass is 35.5. The lowest BCUT2D eigenvalue weighted by Gasteiger charge is -2.23. The topological polar surface area (TPSA) is 24.1 Å². The maximum atomic E-state index is 5.89. The van der Waals surface area contributed by atoms with Crippen molar-refractivity contribution in [2.24, 2.45) is 5.92 Å². The summed E-state index contributed by atoms with van der Waals surface area (Å²) in [5.74, 6) is 0.580. The van der Waals surface area contributed by atoms with E-state index in [9.17, 15) is 0 Å². The predicted molar refractivity (Wildman–Crippen MR) is 99.4 cm³/mol. The third-order valence-electron chi connectivity index (χ3n) is 3.32. The fourth-order valence-corrected chi connectivity index (χ4v) is 2.68. The minimum atomic E-state index is 0.202. The van der Waals surface area contributed by atoms with Crippen molar-refractivity contribution in [2.75, 3.05) is 5.32 Å². The van der Waals surface area contributed by atoms with Crippen molar-refractivity contribution in [3.63, 3.8) is 0 Å². The van der Waals surface area contributed by atoms with Crippen LogP contribution in [0.4, 0.5) is 5.69 Å². The molecule has 22 heavy (non-hydrogen) atoms. The molecule has 0 aliphatic carbocycles. The van der Waals surface area contributed by atoms with Gasteiger partial charge in [0.1, 0.15) is 0 Å². The quantitative estimate of drug-likeness (QED) is 0.715. The van der Waals surface area contributed by atoms with Crippen LogP contribution < -0.4 is 10.6 Å². The Hall–Kier alpha value is -1.58. The average molecular weight is 333 g/mol. The number of hydrogen-bond donors (Lipinski definition) is 2. The van der Waals surface area contributed by atoms with Crippen LogP contribution in [0.25, 0.3) is 0 Å². The summed E-state index contributed by atoms with van der Waals surface area (Å²) in [6, 6.07) is 18.1. The third kappa shape index (κ3) is 5.32. The van der Waals surface area contributed by atoms with Crippen LogP contribution >= 0.6 is 23.8 Å². The molecule has 0 unspecified atom stereocenters. The standard InChI is InChI=1S/C18H21ClN2S/c1-13(2)12-17(14-6-4-3-5-7-14)21-18(22)20-16-10-8-15(19)9-11-16/h3-11,13,17H,12H2,1-2H3,(H2,20,21,22)/t17-/m1/s1. The second-order valence-electron chi connectivity index (χ2n) is 5.70. The molecule has 0 aromatic heterocycles. The van der Waals surface area contributed by atoms with Gasteiger partial charge in [-0.15, -0.1) is 0 Å². The molecule has 2 aromatic carbocycles. The first-order chi connectivity index (χ1) is 10.5. The molecule has 0 amide bonds. The number of thiocarbonyl (C=S) groups is 1. The van der Waals surface area contributed by atoms with Gasteiger partial charge in [-0.2, -0.15) is 0 Å². The van der Waals surface area contributed by atoms with Gasteiger partial charge in [-0.25, -0.2) is 0 Å². The van der Waals surface area contributed by atoms with E-state index in [1.165, 1.54) is 5.56 Å². The van der Waals surface area contributed by atoms with E-state index in [1.54, 1.807) is 0 Å².